The van der Waals surface area contributed by atoms with Crippen molar-refractivity contribution in [3.63, 3.8) is 0 Å². The zero-order chi connectivity index (χ0) is 17.1. The van der Waals surface area contributed by atoms with E-state index in [9.17, 15) is 5.11 Å². The van der Waals surface area contributed by atoms with Crippen LogP contribution < -0.4 is 10.4 Å². The molecule has 2 bridgehead atoms. The highest BCUT2D eigenvalue weighted by Crippen LogP contribution is 2.39. The van der Waals surface area contributed by atoms with Gasteiger partial charge in [0, 0.05) is 23.7 Å². The molecule has 4 rings (SSSR count). The Hall–Kier alpha value is -1.11. The maximum absolute atomic E-state index is 9.96. The van der Waals surface area contributed by atoms with Gasteiger partial charge in [-0.15, -0.1) is 0 Å². The molecule has 1 aromatic rings. The van der Waals surface area contributed by atoms with Crippen molar-refractivity contribution >= 4 is 18.4 Å². The van der Waals surface area contributed by atoms with Crippen molar-refractivity contribution in [3.05, 3.63) is 18.3 Å². The third-order valence-electron chi connectivity index (χ3n) is 6.27. The summed E-state index contributed by atoms with van der Waals surface area (Å²) in [7, 11) is -0.364. The van der Waals surface area contributed by atoms with Gasteiger partial charge in [0.05, 0.1) is 17.3 Å². The van der Waals surface area contributed by atoms with Gasteiger partial charge >= 0.3 is 7.12 Å². The van der Waals surface area contributed by atoms with Crippen LogP contribution in [0.4, 0.5) is 5.82 Å². The molecule has 0 amide bonds. The fourth-order valence-electron chi connectivity index (χ4n) is 4.19. The van der Waals surface area contributed by atoms with Gasteiger partial charge in [0.15, 0.2) is 0 Å². The molecule has 1 unspecified atom stereocenters. The number of rotatable bonds is 2. The molecule has 3 aliphatic heterocycles. The molecule has 0 saturated carbocycles. The molecule has 3 fully saturated rings. The fraction of sp³-hybridized carbons (Fsp3) is 0.722. The summed E-state index contributed by atoms with van der Waals surface area (Å²) in [6.45, 7) is 8.24. The van der Waals surface area contributed by atoms with Gasteiger partial charge in [-0.05, 0) is 59.4 Å². The van der Waals surface area contributed by atoms with Crippen molar-refractivity contribution in [2.45, 2.75) is 82.8 Å². The third kappa shape index (κ3) is 2.55. The standard InChI is InChI=1S/C18H27BN2O3/c1-17(2)18(3,4)24-19(23-17)12-5-8-16(20-11-12)21-13-6-7-14(21)10-15(22)9-13/h5,8,11,13-15,22H,6-7,9-10H2,1-4H3/t13-,14?,15+/m1/s1. The number of anilines is 1. The van der Waals surface area contributed by atoms with Crippen molar-refractivity contribution in [1.29, 1.82) is 0 Å². The Balaban J connectivity index is 1.52. The summed E-state index contributed by atoms with van der Waals surface area (Å²) in [5, 5.41) is 9.96. The summed E-state index contributed by atoms with van der Waals surface area (Å²) in [6.07, 6.45) is 5.75. The minimum absolute atomic E-state index is 0.150. The Bertz CT molecular complexity index is 589. The number of aromatic nitrogens is 1. The third-order valence-corrected chi connectivity index (χ3v) is 6.27. The van der Waals surface area contributed by atoms with Gasteiger partial charge in [0.2, 0.25) is 0 Å². The van der Waals surface area contributed by atoms with Crippen LogP contribution in [0.2, 0.25) is 0 Å². The fourth-order valence-corrected chi connectivity index (χ4v) is 4.19. The van der Waals surface area contributed by atoms with E-state index in [-0.39, 0.29) is 24.4 Å². The zero-order valence-electron chi connectivity index (χ0n) is 15.0. The quantitative estimate of drug-likeness (QED) is 0.839. The highest BCUT2D eigenvalue weighted by molar-refractivity contribution is 6.62. The number of aliphatic hydroxyl groups excluding tert-OH is 1. The van der Waals surface area contributed by atoms with Crippen LogP contribution in [0.3, 0.4) is 0 Å². The second-order valence-electron chi connectivity index (χ2n) is 8.46. The first kappa shape index (κ1) is 16.4. The van der Waals surface area contributed by atoms with Crippen molar-refractivity contribution in [1.82, 2.24) is 4.98 Å². The average Bonchev–Trinajstić information content (AvgIpc) is 2.89. The molecule has 24 heavy (non-hydrogen) atoms. The lowest BCUT2D eigenvalue weighted by molar-refractivity contribution is 0.00578. The molecule has 0 aliphatic carbocycles. The Kier molecular flexibility index (Phi) is 3.71. The van der Waals surface area contributed by atoms with Crippen molar-refractivity contribution in [2.24, 2.45) is 0 Å². The predicted octanol–water partition coefficient (Wildman–Crippen LogP) is 1.87. The molecule has 3 saturated heterocycles. The Labute approximate surface area is 144 Å². The van der Waals surface area contributed by atoms with Crippen molar-refractivity contribution in [3.8, 4) is 0 Å². The molecule has 1 N–H and O–H groups in total. The van der Waals surface area contributed by atoms with Crippen LogP contribution in [0.15, 0.2) is 18.3 Å². The lowest BCUT2D eigenvalue weighted by Crippen LogP contribution is -2.45. The smallest absolute Gasteiger partial charge is 0.399 e. The largest absolute Gasteiger partial charge is 0.496 e. The van der Waals surface area contributed by atoms with Gasteiger partial charge in [-0.2, -0.15) is 0 Å². The summed E-state index contributed by atoms with van der Waals surface area (Å²) >= 11 is 0. The van der Waals surface area contributed by atoms with E-state index in [4.69, 9.17) is 14.3 Å². The van der Waals surface area contributed by atoms with E-state index >= 15 is 0 Å². The minimum atomic E-state index is -0.364. The average molecular weight is 330 g/mol. The monoisotopic (exact) mass is 330 g/mol. The molecule has 3 atom stereocenters. The number of fused-ring (bicyclic) bond motifs is 2. The van der Waals surface area contributed by atoms with Crippen molar-refractivity contribution in [2.75, 3.05) is 4.90 Å². The first-order valence-corrected chi connectivity index (χ1v) is 9.05. The number of piperidine rings is 1. The Morgan fingerprint density at radius 2 is 1.67 bits per heavy atom. The van der Waals surface area contributed by atoms with Gasteiger partial charge < -0.3 is 19.3 Å². The second kappa shape index (κ2) is 5.45. The SMILES string of the molecule is CC1(C)OB(c2ccc(N3C4CC[C@@H]3C[C@H](O)C4)nc2)OC1(C)C. The van der Waals surface area contributed by atoms with Gasteiger partial charge in [0.1, 0.15) is 5.82 Å². The van der Waals surface area contributed by atoms with Crippen LogP contribution in [-0.2, 0) is 9.31 Å². The van der Waals surface area contributed by atoms with Crippen LogP contribution in [-0.4, -0.2) is 46.6 Å². The second-order valence-corrected chi connectivity index (χ2v) is 8.46. The van der Waals surface area contributed by atoms with E-state index in [1.165, 1.54) is 0 Å². The Morgan fingerprint density at radius 1 is 1.08 bits per heavy atom. The molecule has 130 valence electrons. The van der Waals surface area contributed by atoms with E-state index in [1.54, 1.807) is 0 Å². The normalized spacial score (nSPS) is 34.0. The van der Waals surface area contributed by atoms with Crippen LogP contribution in [0.1, 0.15) is 53.4 Å². The summed E-state index contributed by atoms with van der Waals surface area (Å²) in [5.41, 5.74) is 0.290. The van der Waals surface area contributed by atoms with E-state index in [1.807, 2.05) is 6.20 Å². The van der Waals surface area contributed by atoms with E-state index < -0.39 is 0 Å². The topological polar surface area (TPSA) is 54.8 Å². The highest BCUT2D eigenvalue weighted by atomic mass is 16.7. The summed E-state index contributed by atoms with van der Waals surface area (Å²) in [6, 6.07) is 4.99. The van der Waals surface area contributed by atoms with Crippen LogP contribution in [0.25, 0.3) is 0 Å². The van der Waals surface area contributed by atoms with Crippen LogP contribution >= 0.6 is 0 Å². The molecule has 1 aromatic heterocycles. The maximum atomic E-state index is 9.96. The van der Waals surface area contributed by atoms with E-state index in [0.29, 0.717) is 12.1 Å². The summed E-state index contributed by atoms with van der Waals surface area (Å²) < 4.78 is 12.2. The van der Waals surface area contributed by atoms with Gasteiger partial charge in [0.25, 0.3) is 0 Å². The lowest BCUT2D eigenvalue weighted by atomic mass is 9.80. The van der Waals surface area contributed by atoms with Gasteiger partial charge in [-0.1, -0.05) is 6.07 Å². The maximum Gasteiger partial charge on any atom is 0.496 e. The summed E-state index contributed by atoms with van der Waals surface area (Å²) in [5.74, 6) is 1.01. The zero-order valence-corrected chi connectivity index (χ0v) is 15.0. The summed E-state index contributed by atoms with van der Waals surface area (Å²) in [4.78, 5) is 7.10. The molecule has 0 spiro atoms. The first-order valence-electron chi connectivity index (χ1n) is 9.05. The van der Waals surface area contributed by atoms with Crippen LogP contribution in [0, 0.1) is 0 Å². The Morgan fingerprint density at radius 3 is 2.17 bits per heavy atom. The number of hydrogen-bond acceptors (Lipinski definition) is 5. The van der Waals surface area contributed by atoms with Gasteiger partial charge in [-0.25, -0.2) is 4.98 Å². The number of hydrogen-bond donors (Lipinski definition) is 1. The lowest BCUT2D eigenvalue weighted by Gasteiger charge is -2.38. The van der Waals surface area contributed by atoms with Crippen molar-refractivity contribution < 1.29 is 14.4 Å². The molecule has 0 aromatic carbocycles. The minimum Gasteiger partial charge on any atom is -0.399 e. The first-order chi connectivity index (χ1) is 11.3. The number of aliphatic hydroxyl groups is 1. The van der Waals surface area contributed by atoms with Gasteiger partial charge in [-0.3, -0.25) is 0 Å². The molecular formula is C18H27BN2O3. The highest BCUT2D eigenvalue weighted by Gasteiger charge is 2.52. The molecule has 5 nitrogen and oxygen atoms in total. The van der Waals surface area contributed by atoms with Crippen LogP contribution in [0.5, 0.6) is 0 Å². The molecule has 3 aliphatic rings. The molecular weight excluding hydrogens is 303 g/mol. The molecule has 0 radical (unpaired) electrons. The van der Waals surface area contributed by atoms with E-state index in [0.717, 1.165) is 37.0 Å². The number of pyridine rings is 1. The number of nitrogens with zero attached hydrogens (tertiary/aromatic N) is 2. The molecule has 6 heteroatoms. The predicted molar refractivity (Wildman–Crippen MR) is 94.5 cm³/mol. The van der Waals surface area contributed by atoms with E-state index in [2.05, 4.69) is 44.7 Å². The molecule has 4 heterocycles.